The van der Waals surface area contributed by atoms with Gasteiger partial charge < -0.3 is 20.1 Å². The highest BCUT2D eigenvalue weighted by atomic mass is 16.5. The molecule has 0 aromatic heterocycles. The van der Waals surface area contributed by atoms with Crippen LogP contribution in [0.25, 0.3) is 0 Å². The van der Waals surface area contributed by atoms with Gasteiger partial charge >= 0.3 is 0 Å². The number of rotatable bonds is 7. The molecule has 0 saturated heterocycles. The molecule has 0 bridgehead atoms. The zero-order chi connectivity index (χ0) is 14.3. The standard InChI is InChI=1S/C14H22N2O3/c1-5-8-15-14(17)10(2)16-12-9-11(18-3)6-7-13(12)19-4/h6-7,9-10,16H,5,8H2,1-4H3,(H,15,17). The Morgan fingerprint density at radius 2 is 2.05 bits per heavy atom. The van der Waals surface area contributed by atoms with Crippen LogP contribution in [-0.2, 0) is 4.79 Å². The molecule has 0 saturated carbocycles. The lowest BCUT2D eigenvalue weighted by Gasteiger charge is -2.17. The third-order valence-electron chi connectivity index (χ3n) is 2.72. The predicted octanol–water partition coefficient (Wildman–Crippen LogP) is 2.03. The van der Waals surface area contributed by atoms with Crippen LogP contribution >= 0.6 is 0 Å². The van der Waals surface area contributed by atoms with Crippen LogP contribution in [0.3, 0.4) is 0 Å². The smallest absolute Gasteiger partial charge is 0.242 e. The first kappa shape index (κ1) is 15.1. The highest BCUT2D eigenvalue weighted by Crippen LogP contribution is 2.29. The molecule has 2 N–H and O–H groups in total. The molecule has 0 fully saturated rings. The predicted molar refractivity (Wildman–Crippen MR) is 75.9 cm³/mol. The van der Waals surface area contributed by atoms with E-state index in [-0.39, 0.29) is 11.9 Å². The lowest BCUT2D eigenvalue weighted by atomic mass is 10.2. The fourth-order valence-corrected chi connectivity index (χ4v) is 1.63. The number of carbonyl (C=O) groups is 1. The summed E-state index contributed by atoms with van der Waals surface area (Å²) < 4.78 is 10.4. The van der Waals surface area contributed by atoms with Gasteiger partial charge in [-0.3, -0.25) is 4.79 Å². The number of ether oxygens (including phenoxy) is 2. The van der Waals surface area contributed by atoms with Gasteiger partial charge in [0, 0.05) is 12.6 Å². The Morgan fingerprint density at radius 3 is 2.63 bits per heavy atom. The van der Waals surface area contributed by atoms with Crippen LogP contribution in [0.4, 0.5) is 5.69 Å². The van der Waals surface area contributed by atoms with Crippen molar-refractivity contribution in [3.8, 4) is 11.5 Å². The molecule has 1 atom stereocenters. The summed E-state index contributed by atoms with van der Waals surface area (Å²) in [6, 6.07) is 5.08. The van der Waals surface area contributed by atoms with Gasteiger partial charge in [-0.15, -0.1) is 0 Å². The van der Waals surface area contributed by atoms with Gasteiger partial charge in [-0.2, -0.15) is 0 Å². The van der Waals surface area contributed by atoms with E-state index >= 15 is 0 Å². The van der Waals surface area contributed by atoms with Crippen LogP contribution in [0.1, 0.15) is 20.3 Å². The average molecular weight is 266 g/mol. The highest BCUT2D eigenvalue weighted by Gasteiger charge is 2.14. The number of amides is 1. The van der Waals surface area contributed by atoms with Crippen molar-refractivity contribution in [3.05, 3.63) is 18.2 Å². The van der Waals surface area contributed by atoms with Crippen LogP contribution in [0, 0.1) is 0 Å². The summed E-state index contributed by atoms with van der Waals surface area (Å²) in [5.74, 6) is 1.35. The molecular formula is C14H22N2O3. The van der Waals surface area contributed by atoms with Crippen LogP contribution in [0.5, 0.6) is 11.5 Å². The first-order valence-electron chi connectivity index (χ1n) is 6.38. The molecule has 0 aliphatic heterocycles. The second-order valence-corrected chi connectivity index (χ2v) is 4.22. The summed E-state index contributed by atoms with van der Waals surface area (Å²) in [4.78, 5) is 11.8. The van der Waals surface area contributed by atoms with Crippen molar-refractivity contribution in [2.45, 2.75) is 26.3 Å². The summed E-state index contributed by atoms with van der Waals surface area (Å²) >= 11 is 0. The van der Waals surface area contributed by atoms with Crippen molar-refractivity contribution < 1.29 is 14.3 Å². The summed E-state index contributed by atoms with van der Waals surface area (Å²) in [6.07, 6.45) is 0.918. The van der Waals surface area contributed by atoms with E-state index in [4.69, 9.17) is 9.47 Å². The SMILES string of the molecule is CCCNC(=O)C(C)Nc1cc(OC)ccc1OC. The average Bonchev–Trinajstić information content (AvgIpc) is 2.44. The molecule has 5 nitrogen and oxygen atoms in total. The van der Waals surface area contributed by atoms with Crippen molar-refractivity contribution in [1.29, 1.82) is 0 Å². The van der Waals surface area contributed by atoms with Gasteiger partial charge in [0.25, 0.3) is 0 Å². The Hall–Kier alpha value is -1.91. The van der Waals surface area contributed by atoms with Crippen LogP contribution < -0.4 is 20.1 Å². The molecule has 0 aliphatic rings. The topological polar surface area (TPSA) is 59.6 Å². The minimum Gasteiger partial charge on any atom is -0.497 e. The molecule has 1 unspecified atom stereocenters. The zero-order valence-corrected chi connectivity index (χ0v) is 11.9. The van der Waals surface area contributed by atoms with Gasteiger partial charge in [0.1, 0.15) is 17.5 Å². The monoisotopic (exact) mass is 266 g/mol. The first-order chi connectivity index (χ1) is 9.12. The van der Waals surface area contributed by atoms with Crippen molar-refractivity contribution >= 4 is 11.6 Å². The van der Waals surface area contributed by atoms with Crippen molar-refractivity contribution in [2.24, 2.45) is 0 Å². The molecule has 1 aromatic carbocycles. The van der Waals surface area contributed by atoms with Crippen molar-refractivity contribution in [1.82, 2.24) is 5.32 Å². The fraction of sp³-hybridized carbons (Fsp3) is 0.500. The molecular weight excluding hydrogens is 244 g/mol. The van der Waals surface area contributed by atoms with E-state index in [1.54, 1.807) is 20.3 Å². The molecule has 1 aromatic rings. The Morgan fingerprint density at radius 1 is 1.32 bits per heavy atom. The second kappa shape index (κ2) is 7.51. The van der Waals surface area contributed by atoms with E-state index in [0.29, 0.717) is 18.0 Å². The normalized spacial score (nSPS) is 11.6. The van der Waals surface area contributed by atoms with Gasteiger partial charge in [-0.05, 0) is 25.5 Å². The molecule has 1 amide bonds. The number of hydrogen-bond acceptors (Lipinski definition) is 4. The number of nitrogens with one attached hydrogen (secondary N) is 2. The minimum absolute atomic E-state index is 0.0354. The first-order valence-corrected chi connectivity index (χ1v) is 6.38. The molecule has 5 heteroatoms. The number of anilines is 1. The van der Waals surface area contributed by atoms with Gasteiger partial charge in [0.05, 0.1) is 19.9 Å². The van der Waals surface area contributed by atoms with Crippen LogP contribution in [0.15, 0.2) is 18.2 Å². The van der Waals surface area contributed by atoms with Crippen molar-refractivity contribution in [3.63, 3.8) is 0 Å². The van der Waals surface area contributed by atoms with Gasteiger partial charge in [-0.1, -0.05) is 6.92 Å². The van der Waals surface area contributed by atoms with E-state index in [2.05, 4.69) is 10.6 Å². The summed E-state index contributed by atoms with van der Waals surface area (Å²) in [7, 11) is 3.19. The molecule has 106 valence electrons. The summed E-state index contributed by atoms with van der Waals surface area (Å²) in [6.45, 7) is 4.51. The third-order valence-corrected chi connectivity index (χ3v) is 2.72. The largest absolute Gasteiger partial charge is 0.497 e. The fourth-order valence-electron chi connectivity index (χ4n) is 1.63. The Kier molecular flexibility index (Phi) is 5.99. The van der Waals surface area contributed by atoms with Gasteiger partial charge in [0.15, 0.2) is 0 Å². The van der Waals surface area contributed by atoms with Crippen molar-refractivity contribution in [2.75, 3.05) is 26.1 Å². The maximum Gasteiger partial charge on any atom is 0.242 e. The molecule has 0 spiro atoms. The lowest BCUT2D eigenvalue weighted by Crippen LogP contribution is -2.37. The number of carbonyl (C=O) groups excluding carboxylic acids is 1. The quantitative estimate of drug-likeness (QED) is 0.793. The molecule has 0 heterocycles. The van der Waals surface area contributed by atoms with E-state index in [1.165, 1.54) is 0 Å². The van der Waals surface area contributed by atoms with E-state index < -0.39 is 0 Å². The Labute approximate surface area is 114 Å². The molecule has 0 aliphatic carbocycles. The highest BCUT2D eigenvalue weighted by molar-refractivity contribution is 5.84. The minimum atomic E-state index is -0.340. The lowest BCUT2D eigenvalue weighted by molar-refractivity contribution is -0.121. The summed E-state index contributed by atoms with van der Waals surface area (Å²) in [5, 5.41) is 5.97. The van der Waals surface area contributed by atoms with Crippen LogP contribution in [-0.4, -0.2) is 32.7 Å². The molecule has 0 radical (unpaired) electrons. The van der Waals surface area contributed by atoms with Gasteiger partial charge in [-0.25, -0.2) is 0 Å². The third kappa shape index (κ3) is 4.35. The Balaban J connectivity index is 2.76. The molecule has 1 rings (SSSR count). The number of hydrogen-bond donors (Lipinski definition) is 2. The summed E-state index contributed by atoms with van der Waals surface area (Å²) in [5.41, 5.74) is 0.737. The second-order valence-electron chi connectivity index (χ2n) is 4.22. The zero-order valence-electron chi connectivity index (χ0n) is 11.9. The van der Waals surface area contributed by atoms with E-state index in [9.17, 15) is 4.79 Å². The number of benzene rings is 1. The van der Waals surface area contributed by atoms with E-state index in [1.807, 2.05) is 26.0 Å². The maximum atomic E-state index is 11.8. The Bertz CT molecular complexity index is 421. The number of methoxy groups -OCH3 is 2. The maximum absolute atomic E-state index is 11.8. The van der Waals surface area contributed by atoms with E-state index in [0.717, 1.165) is 12.1 Å². The van der Waals surface area contributed by atoms with Gasteiger partial charge in [0.2, 0.25) is 5.91 Å². The molecule has 19 heavy (non-hydrogen) atoms. The van der Waals surface area contributed by atoms with Crippen LogP contribution in [0.2, 0.25) is 0 Å².